The molecule has 0 bridgehead atoms. The monoisotopic (exact) mass is 1710 g/mol. The van der Waals surface area contributed by atoms with Crippen molar-refractivity contribution in [3.63, 3.8) is 0 Å². The highest BCUT2D eigenvalue weighted by Gasteiger charge is 2.57. The smallest absolute Gasteiger partial charge is 0.412 e. The van der Waals surface area contributed by atoms with Crippen LogP contribution in [0.1, 0.15) is 87.5 Å². The standard InChI is InChI=1S/C26H35N3O4Si.C21H25N3O4Si.C15H13N3O.C13H20N2O2Si.C8H7Br2NO2/c1-25(2,3)33-24(31)28-20-10-9-18-15-26(16-19(18)14-20)21-8-7-11-27-22(21)29(23(26)30)17-32-12-13-34(4,5)6;1-29(2,3)10-9-28-14-23-19-18(5-4-8-22-19)21(20(23)25)12-15-6-7-17(24(26)27)11-16(15)13-21;16-11-4-3-9-7-15(8-10(9)6-11)12-2-1-5-17-13(12)18-14(15)19;1-18(2,3)8-7-17-10-15-12(16)9-11-5-4-6-14-13(11)15;9-4-6-1-2-8(11(12)13)3-7(6)5-10/h7-11,14H,12-13,15-17H2,1-6H3,(H,28,31);4-8,11H,9-10,12-14H2,1-3H3;1-6H,7-8,16H2,(H,17,18,19);4-6H,7-10H2,1-3H3;1-3H,4-5H2. The van der Waals surface area contributed by atoms with Crippen LogP contribution in [0.5, 0.6) is 0 Å². The van der Waals surface area contributed by atoms with Crippen LogP contribution < -0.4 is 31.1 Å². The summed E-state index contributed by atoms with van der Waals surface area (Å²) in [4.78, 5) is 107. The summed E-state index contributed by atoms with van der Waals surface area (Å²) in [5.74, 6) is 2.94. The van der Waals surface area contributed by atoms with E-state index in [1.807, 2.05) is 106 Å². The fourth-order valence-corrected chi connectivity index (χ4v) is 18.3. The molecule has 25 nitrogen and oxygen atoms in total. The molecule has 596 valence electrons. The molecular weight excluding hydrogens is 1620 g/mol. The lowest BCUT2D eigenvalue weighted by atomic mass is 9.79. The number of alkyl halides is 2. The lowest BCUT2D eigenvalue weighted by molar-refractivity contribution is -0.385. The molecular formula is C83H100Br2N12O13Si3. The Morgan fingerprint density at radius 1 is 0.522 bits per heavy atom. The van der Waals surface area contributed by atoms with Crippen LogP contribution in [-0.4, -0.2) is 129 Å². The molecule has 3 unspecified atom stereocenters. The largest absolute Gasteiger partial charge is 0.444 e. The number of ether oxygens (including phenoxy) is 4. The molecule has 5 amide bonds. The molecule has 0 saturated heterocycles. The van der Waals surface area contributed by atoms with Gasteiger partial charge in [-0.3, -0.25) is 59.4 Å². The van der Waals surface area contributed by atoms with E-state index in [2.05, 4.69) is 121 Å². The van der Waals surface area contributed by atoms with E-state index >= 15 is 0 Å². The number of amides is 5. The Hall–Kier alpha value is -9.28. The number of fused-ring (bicyclic) bond motifs is 10. The lowest BCUT2D eigenvalue weighted by Crippen LogP contribution is -2.42. The summed E-state index contributed by atoms with van der Waals surface area (Å²) in [6.07, 6.45) is 10.4. The highest BCUT2D eigenvalue weighted by Crippen LogP contribution is 2.52. The van der Waals surface area contributed by atoms with Gasteiger partial charge in [-0.25, -0.2) is 24.7 Å². The van der Waals surface area contributed by atoms with Gasteiger partial charge in [0.15, 0.2) is 0 Å². The van der Waals surface area contributed by atoms with E-state index in [-0.39, 0.29) is 53.4 Å². The minimum absolute atomic E-state index is 0.0296. The second kappa shape index (κ2) is 34.8. The van der Waals surface area contributed by atoms with Crippen LogP contribution in [-0.2, 0) is 110 Å². The van der Waals surface area contributed by atoms with Gasteiger partial charge in [0.2, 0.25) is 23.6 Å². The highest BCUT2D eigenvalue weighted by atomic mass is 79.9. The summed E-state index contributed by atoms with van der Waals surface area (Å²) >= 11 is 6.61. The first kappa shape index (κ1) is 84.6. The zero-order chi connectivity index (χ0) is 81.6. The Balaban J connectivity index is 0.000000145. The predicted molar refractivity (Wildman–Crippen MR) is 455 cm³/mol. The van der Waals surface area contributed by atoms with Gasteiger partial charge >= 0.3 is 6.09 Å². The first-order valence-corrected chi connectivity index (χ1v) is 51.2. The molecule has 3 spiro atoms. The Labute approximate surface area is 679 Å². The number of halogens is 2. The van der Waals surface area contributed by atoms with E-state index in [0.717, 1.165) is 98.3 Å². The number of carbonyl (C=O) groups is 5. The predicted octanol–water partition coefficient (Wildman–Crippen LogP) is 16.1. The maximum atomic E-state index is 13.8. The van der Waals surface area contributed by atoms with E-state index in [4.69, 9.17) is 24.7 Å². The van der Waals surface area contributed by atoms with Gasteiger partial charge < -0.3 is 30.0 Å². The third-order valence-electron chi connectivity index (χ3n) is 21.0. The SMILES string of the molecule is CC(C)(C)OC(=O)Nc1ccc2c(c1)CC1(C2)C(=O)N(COCC[Si](C)(C)C)c2ncccc21.C[Si](C)(C)CCOCN1C(=O)C2(Cc3ccc([N+](=O)[O-])cc3C2)c2cccnc21.C[Si](C)(C)CCOCN1C(=O)Cc2cccnc21.Nc1ccc2c(c1)CC1(C2)C(=O)Nc2ncccc21.O=[N+]([O-])c1ccc(CBr)c(CBr)c1. The van der Waals surface area contributed by atoms with E-state index in [1.54, 1.807) is 63.8 Å². The summed E-state index contributed by atoms with van der Waals surface area (Å²) in [5, 5.41) is 28.7. The number of pyridine rings is 4. The molecule has 8 heterocycles. The number of nitrogen functional groups attached to an aromatic ring is 1. The molecule has 4 N–H and O–H groups in total. The number of benzene rings is 4. The summed E-state index contributed by atoms with van der Waals surface area (Å²) in [7, 11) is -3.49. The van der Waals surface area contributed by atoms with Crippen molar-refractivity contribution in [2.24, 2.45) is 0 Å². The van der Waals surface area contributed by atoms with Crippen molar-refractivity contribution in [3.8, 4) is 0 Å². The number of nitrogens with two attached hydrogens (primary N) is 1. The van der Waals surface area contributed by atoms with Crippen LogP contribution in [0.4, 0.5) is 50.8 Å². The van der Waals surface area contributed by atoms with Crippen molar-refractivity contribution in [1.82, 2.24) is 19.9 Å². The van der Waals surface area contributed by atoms with Gasteiger partial charge in [-0.05, 0) is 170 Å². The first-order chi connectivity index (χ1) is 53.4. The Morgan fingerprint density at radius 2 is 0.956 bits per heavy atom. The summed E-state index contributed by atoms with van der Waals surface area (Å²) < 4.78 is 22.8. The van der Waals surface area contributed by atoms with Crippen molar-refractivity contribution in [1.29, 1.82) is 0 Å². The lowest BCUT2D eigenvalue weighted by Gasteiger charge is -2.23. The maximum absolute atomic E-state index is 13.8. The number of nitrogens with zero attached hydrogens (tertiary/aromatic N) is 9. The number of rotatable bonds is 20. The van der Waals surface area contributed by atoms with E-state index in [9.17, 15) is 44.2 Å². The van der Waals surface area contributed by atoms with Gasteiger partial charge in [-0.15, -0.1) is 0 Å². The van der Waals surface area contributed by atoms with Gasteiger partial charge in [0.1, 0.15) is 49.1 Å². The molecule has 4 aromatic carbocycles. The molecule has 4 aliphatic heterocycles. The zero-order valence-electron chi connectivity index (χ0n) is 66.2. The molecule has 4 aromatic heterocycles. The molecule has 3 aliphatic carbocycles. The molecule has 7 aliphatic rings. The fraction of sp³-hybridized carbons (Fsp3) is 0.410. The van der Waals surface area contributed by atoms with Crippen LogP contribution in [0.25, 0.3) is 0 Å². The zero-order valence-corrected chi connectivity index (χ0v) is 72.4. The van der Waals surface area contributed by atoms with Crippen LogP contribution in [0, 0.1) is 20.2 Å². The van der Waals surface area contributed by atoms with Crippen molar-refractivity contribution < 1.29 is 52.8 Å². The molecule has 0 radical (unpaired) electrons. The van der Waals surface area contributed by atoms with E-state index in [0.29, 0.717) is 92.3 Å². The number of carbonyl (C=O) groups excluding carboxylic acids is 5. The number of non-ortho nitro benzene ring substituents is 2. The number of hydrogen-bond donors (Lipinski definition) is 3. The number of nitrogens with one attached hydrogen (secondary N) is 2. The molecule has 0 saturated carbocycles. The molecule has 8 aromatic rings. The Bertz CT molecular complexity index is 4940. The molecule has 15 rings (SSSR count). The number of nitro groups is 2. The van der Waals surface area contributed by atoms with Crippen LogP contribution in [0.3, 0.4) is 0 Å². The fourth-order valence-electron chi connectivity index (χ4n) is 15.0. The van der Waals surface area contributed by atoms with E-state index < -0.39 is 57.1 Å². The van der Waals surface area contributed by atoms with Crippen molar-refractivity contribution >= 4 is 132 Å². The summed E-state index contributed by atoms with van der Waals surface area (Å²) in [6, 6.07) is 40.0. The topological polar surface area (TPSA) is 320 Å². The first-order valence-electron chi connectivity index (χ1n) is 37.9. The Morgan fingerprint density at radius 3 is 1.48 bits per heavy atom. The van der Waals surface area contributed by atoms with E-state index in [1.165, 1.54) is 23.3 Å². The van der Waals surface area contributed by atoms with Gasteiger partial charge in [0, 0.05) is 137 Å². The summed E-state index contributed by atoms with van der Waals surface area (Å²) in [5.41, 5.74) is 17.2. The minimum atomic E-state index is -1.21. The van der Waals surface area contributed by atoms with Crippen molar-refractivity contribution in [2.75, 3.05) is 71.1 Å². The molecule has 3 atom stereocenters. The summed E-state index contributed by atoms with van der Waals surface area (Å²) in [6.45, 7) is 29.0. The van der Waals surface area contributed by atoms with Crippen molar-refractivity contribution in [3.05, 3.63) is 233 Å². The quantitative estimate of drug-likeness (QED) is 0.0159. The van der Waals surface area contributed by atoms with Crippen LogP contribution in [0.15, 0.2) is 146 Å². The van der Waals surface area contributed by atoms with Crippen LogP contribution >= 0.6 is 31.9 Å². The third-order valence-corrected chi connectivity index (χ3v) is 27.3. The highest BCUT2D eigenvalue weighted by molar-refractivity contribution is 9.09. The maximum Gasteiger partial charge on any atom is 0.412 e. The third kappa shape index (κ3) is 19.7. The van der Waals surface area contributed by atoms with Crippen LogP contribution in [0.2, 0.25) is 77.1 Å². The molecule has 113 heavy (non-hydrogen) atoms. The number of aromatic nitrogens is 4. The van der Waals surface area contributed by atoms with Gasteiger partial charge in [-0.1, -0.05) is 139 Å². The number of anilines is 6. The minimum Gasteiger partial charge on any atom is -0.444 e. The average Bonchev–Trinajstić information content (AvgIpc) is 1.56. The number of nitro benzene ring substituents is 2. The number of hydrogen-bond acceptors (Lipinski definition) is 18. The van der Waals surface area contributed by atoms with Crippen molar-refractivity contribution in [2.45, 2.75) is 175 Å². The van der Waals surface area contributed by atoms with Gasteiger partial charge in [0.25, 0.3) is 11.4 Å². The van der Waals surface area contributed by atoms with Gasteiger partial charge in [-0.2, -0.15) is 0 Å². The van der Waals surface area contributed by atoms with Gasteiger partial charge in [0.05, 0.1) is 32.5 Å². The molecule has 30 heteroatoms. The average molecular weight is 1720 g/mol. The second-order valence-electron chi connectivity index (χ2n) is 34.2. The normalized spacial score (nSPS) is 18.5. The Kier molecular flexibility index (Phi) is 26.1. The molecule has 0 fully saturated rings. The second-order valence-corrected chi connectivity index (χ2v) is 52.2.